The minimum atomic E-state index is -0.125. The highest BCUT2D eigenvalue weighted by atomic mass is 16.1. The smallest absolute Gasteiger partial charge is 0.171 e. The molecule has 2 aromatic rings. The van der Waals surface area contributed by atoms with Crippen molar-refractivity contribution in [1.82, 2.24) is 0 Å². The summed E-state index contributed by atoms with van der Waals surface area (Å²) in [6, 6.07) is 7.62. The zero-order chi connectivity index (χ0) is 21.9. The maximum absolute atomic E-state index is 13.0. The summed E-state index contributed by atoms with van der Waals surface area (Å²) in [7, 11) is 0. The van der Waals surface area contributed by atoms with Crippen molar-refractivity contribution in [1.29, 1.82) is 0 Å². The number of carbonyl (C=O) groups is 2. The molecule has 2 aromatic carbocycles. The summed E-state index contributed by atoms with van der Waals surface area (Å²) in [4.78, 5) is 25.7. The molecule has 0 atom stereocenters. The molecule has 0 aliphatic heterocycles. The van der Waals surface area contributed by atoms with Crippen molar-refractivity contribution < 1.29 is 9.59 Å². The molecule has 0 spiro atoms. The van der Waals surface area contributed by atoms with Crippen LogP contribution in [0.1, 0.15) is 87.7 Å². The average molecular weight is 391 g/mol. The summed E-state index contributed by atoms with van der Waals surface area (Å²) in [6.45, 7) is 16.6. The molecule has 2 heteroatoms. The van der Waals surface area contributed by atoms with Crippen molar-refractivity contribution in [3.05, 3.63) is 74.8 Å². The van der Waals surface area contributed by atoms with E-state index in [0.29, 0.717) is 17.0 Å². The molecule has 0 bridgehead atoms. The van der Waals surface area contributed by atoms with Crippen LogP contribution in [0.15, 0.2) is 30.3 Å². The Bertz CT molecular complexity index is 928. The lowest BCUT2D eigenvalue weighted by Crippen LogP contribution is -2.14. The van der Waals surface area contributed by atoms with Gasteiger partial charge >= 0.3 is 0 Å². The Morgan fingerprint density at radius 3 is 1.69 bits per heavy atom. The molecule has 0 saturated heterocycles. The van der Waals surface area contributed by atoms with Crippen molar-refractivity contribution in [3.63, 3.8) is 0 Å². The van der Waals surface area contributed by atoms with E-state index in [4.69, 9.17) is 0 Å². The van der Waals surface area contributed by atoms with Gasteiger partial charge in [0, 0.05) is 11.1 Å². The predicted octanol–water partition coefficient (Wildman–Crippen LogP) is 7.13. The highest BCUT2D eigenvalue weighted by Crippen LogP contribution is 2.27. The van der Waals surface area contributed by atoms with Gasteiger partial charge in [-0.15, -0.1) is 0 Å². The third-order valence-corrected chi connectivity index (χ3v) is 6.16. The van der Waals surface area contributed by atoms with E-state index >= 15 is 0 Å². The molecule has 0 amide bonds. The molecular formula is C27H34O2. The van der Waals surface area contributed by atoms with Crippen molar-refractivity contribution >= 4 is 17.1 Å². The number of ketones is 2. The van der Waals surface area contributed by atoms with Crippen LogP contribution in [0.4, 0.5) is 0 Å². The van der Waals surface area contributed by atoms with E-state index in [1.165, 1.54) is 11.1 Å². The van der Waals surface area contributed by atoms with E-state index in [9.17, 15) is 9.59 Å². The number of rotatable bonds is 7. The third-order valence-electron chi connectivity index (χ3n) is 6.16. The van der Waals surface area contributed by atoms with Gasteiger partial charge in [-0.05, 0) is 92.8 Å². The van der Waals surface area contributed by atoms with E-state index in [-0.39, 0.29) is 18.0 Å². The Balaban J connectivity index is 2.21. The first-order valence-electron chi connectivity index (χ1n) is 10.4. The quantitative estimate of drug-likeness (QED) is 0.372. The van der Waals surface area contributed by atoms with Crippen LogP contribution in [0.3, 0.4) is 0 Å². The summed E-state index contributed by atoms with van der Waals surface area (Å²) in [5.74, 6) is 0.408. The van der Waals surface area contributed by atoms with Gasteiger partial charge in [-0.1, -0.05) is 44.2 Å². The molecule has 29 heavy (non-hydrogen) atoms. The van der Waals surface area contributed by atoms with Gasteiger partial charge in [0.05, 0.1) is 6.42 Å². The minimum Gasteiger partial charge on any atom is -0.294 e. The van der Waals surface area contributed by atoms with E-state index in [1.54, 1.807) is 0 Å². The van der Waals surface area contributed by atoms with Crippen molar-refractivity contribution in [3.8, 4) is 0 Å². The molecule has 0 heterocycles. The lowest BCUT2D eigenvalue weighted by atomic mass is 9.86. The van der Waals surface area contributed by atoms with E-state index in [1.807, 2.05) is 52.0 Å². The molecule has 154 valence electrons. The Kier molecular flexibility index (Phi) is 7.35. The number of allylic oxidation sites excluding steroid dienone is 2. The third kappa shape index (κ3) is 5.12. The average Bonchev–Trinajstić information content (AvgIpc) is 2.69. The van der Waals surface area contributed by atoms with Crippen LogP contribution in [-0.4, -0.2) is 11.6 Å². The molecule has 2 rings (SSSR count). The Morgan fingerprint density at radius 1 is 0.759 bits per heavy atom. The SMILES string of the molecule is C/C(=C\CC(C)C)c1ccc(C(=O)CC(=O)c2c(C)c(C)c(C)c(C)c2C)cc1. The second-order valence-electron chi connectivity index (χ2n) is 8.62. The summed E-state index contributed by atoms with van der Waals surface area (Å²) < 4.78 is 0. The maximum Gasteiger partial charge on any atom is 0.171 e. The molecule has 0 fully saturated rings. The first-order chi connectivity index (χ1) is 13.5. The van der Waals surface area contributed by atoms with Gasteiger partial charge < -0.3 is 0 Å². The molecular weight excluding hydrogens is 356 g/mol. The highest BCUT2D eigenvalue weighted by molar-refractivity contribution is 6.14. The summed E-state index contributed by atoms with van der Waals surface area (Å²) in [6.07, 6.45) is 3.18. The minimum absolute atomic E-state index is 0.0895. The van der Waals surface area contributed by atoms with Crippen molar-refractivity contribution in [2.75, 3.05) is 0 Å². The highest BCUT2D eigenvalue weighted by Gasteiger charge is 2.21. The van der Waals surface area contributed by atoms with Gasteiger partial charge in [-0.2, -0.15) is 0 Å². The second kappa shape index (κ2) is 9.35. The monoisotopic (exact) mass is 390 g/mol. The van der Waals surface area contributed by atoms with Gasteiger partial charge in [0.1, 0.15) is 0 Å². The second-order valence-corrected chi connectivity index (χ2v) is 8.62. The molecule has 0 radical (unpaired) electrons. The van der Waals surface area contributed by atoms with Crippen molar-refractivity contribution in [2.45, 2.75) is 68.2 Å². The Labute approximate surface area is 176 Å². The van der Waals surface area contributed by atoms with Gasteiger partial charge in [0.15, 0.2) is 11.6 Å². The molecule has 0 saturated carbocycles. The van der Waals surface area contributed by atoms with Crippen molar-refractivity contribution in [2.24, 2.45) is 5.92 Å². The number of carbonyl (C=O) groups excluding carboxylic acids is 2. The fourth-order valence-electron chi connectivity index (χ4n) is 3.70. The predicted molar refractivity (Wildman–Crippen MR) is 123 cm³/mol. The topological polar surface area (TPSA) is 34.1 Å². The summed E-state index contributed by atoms with van der Waals surface area (Å²) >= 11 is 0. The number of Topliss-reactive ketones (excluding diaryl/α,β-unsaturated/α-hetero) is 2. The normalized spacial score (nSPS) is 11.8. The molecule has 0 aliphatic carbocycles. The lowest BCUT2D eigenvalue weighted by Gasteiger charge is -2.17. The van der Waals surface area contributed by atoms with E-state index < -0.39 is 0 Å². The van der Waals surface area contributed by atoms with Gasteiger partial charge in [-0.25, -0.2) is 0 Å². The standard InChI is InChI=1S/C27H34O2/c1-16(2)9-10-17(3)23-11-13-24(14-12-23)25(28)15-26(29)27-21(7)19(5)18(4)20(6)22(27)8/h10-14,16H,9,15H2,1-8H3/b17-10+. The Morgan fingerprint density at radius 2 is 1.21 bits per heavy atom. The number of hydrogen-bond donors (Lipinski definition) is 0. The zero-order valence-electron chi connectivity index (χ0n) is 19.2. The number of benzene rings is 2. The Hall–Kier alpha value is -2.48. The zero-order valence-corrected chi connectivity index (χ0v) is 19.2. The fourth-order valence-corrected chi connectivity index (χ4v) is 3.70. The van der Waals surface area contributed by atoms with Crippen LogP contribution >= 0.6 is 0 Å². The van der Waals surface area contributed by atoms with Crippen LogP contribution in [0.5, 0.6) is 0 Å². The van der Waals surface area contributed by atoms with E-state index in [0.717, 1.165) is 34.2 Å². The fraction of sp³-hybridized carbons (Fsp3) is 0.407. The van der Waals surface area contributed by atoms with E-state index in [2.05, 4.69) is 33.8 Å². The van der Waals surface area contributed by atoms with Gasteiger partial charge in [-0.3, -0.25) is 9.59 Å². The van der Waals surface area contributed by atoms with Crippen LogP contribution in [0, 0.1) is 40.5 Å². The molecule has 2 nitrogen and oxygen atoms in total. The van der Waals surface area contributed by atoms with Crippen LogP contribution < -0.4 is 0 Å². The first-order valence-corrected chi connectivity index (χ1v) is 10.4. The van der Waals surface area contributed by atoms with Crippen LogP contribution in [0.25, 0.3) is 5.57 Å². The summed E-state index contributed by atoms with van der Waals surface area (Å²) in [5, 5.41) is 0. The largest absolute Gasteiger partial charge is 0.294 e. The van der Waals surface area contributed by atoms with Gasteiger partial charge in [0.25, 0.3) is 0 Å². The van der Waals surface area contributed by atoms with Gasteiger partial charge in [0.2, 0.25) is 0 Å². The lowest BCUT2D eigenvalue weighted by molar-refractivity contribution is 0.0893. The maximum atomic E-state index is 13.0. The molecule has 0 aliphatic rings. The molecule has 0 N–H and O–H groups in total. The molecule has 0 aromatic heterocycles. The van der Waals surface area contributed by atoms with Crippen LogP contribution in [0.2, 0.25) is 0 Å². The number of hydrogen-bond acceptors (Lipinski definition) is 2. The molecule has 0 unspecified atom stereocenters. The first kappa shape index (κ1) is 22.8. The summed E-state index contributed by atoms with van der Waals surface area (Å²) in [5.41, 5.74) is 9.11. The van der Waals surface area contributed by atoms with Crippen LogP contribution in [-0.2, 0) is 0 Å².